The molecule has 7 heteroatoms. The first-order valence-corrected chi connectivity index (χ1v) is 8.04. The lowest BCUT2D eigenvalue weighted by molar-refractivity contribution is 0.0918. The number of aliphatic hydroxyl groups excluding tert-OH is 2. The van der Waals surface area contributed by atoms with Gasteiger partial charge in [0.05, 0.1) is 24.2 Å². The molecule has 0 fully saturated rings. The van der Waals surface area contributed by atoms with Crippen LogP contribution in [0.5, 0.6) is 5.75 Å². The van der Waals surface area contributed by atoms with Crippen molar-refractivity contribution in [1.82, 2.24) is 9.55 Å². The molecule has 1 atom stereocenters. The number of imidazole rings is 1. The van der Waals surface area contributed by atoms with Crippen LogP contribution in [0, 0.1) is 5.82 Å². The summed E-state index contributed by atoms with van der Waals surface area (Å²) in [6.45, 7) is 0.503. The number of hydrogen-bond acceptors (Lipinski definition) is 5. The molecular formula is C18H20FN3O3. The van der Waals surface area contributed by atoms with Gasteiger partial charge in [0.25, 0.3) is 0 Å². The summed E-state index contributed by atoms with van der Waals surface area (Å²) in [5.41, 5.74) is 1.64. The van der Waals surface area contributed by atoms with Crippen molar-refractivity contribution >= 4 is 17.0 Å². The van der Waals surface area contributed by atoms with Crippen molar-refractivity contribution in [2.75, 3.05) is 25.1 Å². The Kier molecular flexibility index (Phi) is 5.47. The molecule has 25 heavy (non-hydrogen) atoms. The van der Waals surface area contributed by atoms with E-state index in [0.29, 0.717) is 12.5 Å². The van der Waals surface area contributed by atoms with Crippen molar-refractivity contribution in [2.45, 2.75) is 12.6 Å². The second kappa shape index (κ2) is 7.96. The molecule has 0 bridgehead atoms. The van der Waals surface area contributed by atoms with Crippen LogP contribution < -0.4 is 10.1 Å². The molecule has 0 amide bonds. The largest absolute Gasteiger partial charge is 0.488 e. The molecule has 6 nitrogen and oxygen atoms in total. The fourth-order valence-corrected chi connectivity index (χ4v) is 2.57. The van der Waals surface area contributed by atoms with Gasteiger partial charge in [0.15, 0.2) is 11.6 Å². The number of hydrogen-bond donors (Lipinski definition) is 3. The Morgan fingerprint density at radius 1 is 1.16 bits per heavy atom. The highest BCUT2D eigenvalue weighted by molar-refractivity contribution is 5.78. The van der Waals surface area contributed by atoms with E-state index in [2.05, 4.69) is 10.3 Å². The number of fused-ring (bicyclic) bond motifs is 1. The maximum Gasteiger partial charge on any atom is 0.204 e. The van der Waals surface area contributed by atoms with Crippen molar-refractivity contribution in [3.8, 4) is 5.75 Å². The number of benzene rings is 2. The monoisotopic (exact) mass is 345 g/mol. The number of halogens is 1. The van der Waals surface area contributed by atoms with Gasteiger partial charge in [-0.3, -0.25) is 0 Å². The lowest BCUT2D eigenvalue weighted by atomic mass is 10.3. The highest BCUT2D eigenvalue weighted by Gasteiger charge is 2.15. The second-order valence-corrected chi connectivity index (χ2v) is 5.58. The molecule has 0 aliphatic carbocycles. The topological polar surface area (TPSA) is 79.5 Å². The van der Waals surface area contributed by atoms with Crippen molar-refractivity contribution in [3.05, 3.63) is 54.3 Å². The fraction of sp³-hybridized carbons (Fsp3) is 0.278. The molecule has 3 aromatic rings. The molecule has 1 unspecified atom stereocenters. The van der Waals surface area contributed by atoms with Gasteiger partial charge in [-0.1, -0.05) is 24.3 Å². The lowest BCUT2D eigenvalue weighted by Crippen LogP contribution is -2.25. The smallest absolute Gasteiger partial charge is 0.204 e. The molecule has 0 aliphatic heterocycles. The number of para-hydroxylation sites is 3. The number of nitrogens with one attached hydrogen (secondary N) is 1. The van der Waals surface area contributed by atoms with E-state index in [9.17, 15) is 9.50 Å². The number of anilines is 1. The van der Waals surface area contributed by atoms with E-state index in [1.807, 2.05) is 28.8 Å². The summed E-state index contributed by atoms with van der Waals surface area (Å²) in [5.74, 6) is 0.198. The minimum Gasteiger partial charge on any atom is -0.488 e. The Morgan fingerprint density at radius 3 is 2.72 bits per heavy atom. The Hall–Kier alpha value is -2.64. The highest BCUT2D eigenvalue weighted by atomic mass is 19.1. The van der Waals surface area contributed by atoms with Gasteiger partial charge in [0.2, 0.25) is 5.95 Å². The first-order chi connectivity index (χ1) is 12.2. The molecule has 3 N–H and O–H groups in total. The molecule has 1 heterocycles. The number of ether oxygens (including phenoxy) is 1. The third kappa shape index (κ3) is 4.07. The van der Waals surface area contributed by atoms with Gasteiger partial charge in [-0.2, -0.15) is 0 Å². The van der Waals surface area contributed by atoms with Crippen LogP contribution in [0.25, 0.3) is 11.0 Å². The average Bonchev–Trinajstić information content (AvgIpc) is 2.97. The van der Waals surface area contributed by atoms with Crippen LogP contribution in [-0.4, -0.2) is 45.6 Å². The summed E-state index contributed by atoms with van der Waals surface area (Å²) in [6, 6.07) is 13.6. The summed E-state index contributed by atoms with van der Waals surface area (Å²) in [7, 11) is 0. The van der Waals surface area contributed by atoms with Crippen LogP contribution in [0.2, 0.25) is 0 Å². The molecular weight excluding hydrogens is 325 g/mol. The van der Waals surface area contributed by atoms with Crippen molar-refractivity contribution in [3.63, 3.8) is 0 Å². The zero-order valence-electron chi connectivity index (χ0n) is 13.6. The summed E-state index contributed by atoms with van der Waals surface area (Å²) in [5, 5.41) is 22.3. The Balaban J connectivity index is 1.73. The Morgan fingerprint density at radius 2 is 1.92 bits per heavy atom. The van der Waals surface area contributed by atoms with Crippen molar-refractivity contribution in [2.24, 2.45) is 0 Å². The van der Waals surface area contributed by atoms with E-state index in [-0.39, 0.29) is 25.5 Å². The van der Waals surface area contributed by atoms with E-state index in [0.717, 1.165) is 11.0 Å². The second-order valence-electron chi connectivity index (χ2n) is 5.58. The van der Waals surface area contributed by atoms with Crippen LogP contribution >= 0.6 is 0 Å². The zero-order chi connectivity index (χ0) is 17.6. The van der Waals surface area contributed by atoms with Gasteiger partial charge in [-0.25, -0.2) is 9.37 Å². The summed E-state index contributed by atoms with van der Waals surface area (Å²) in [6.07, 6.45) is -0.855. The minimum atomic E-state index is -0.855. The van der Waals surface area contributed by atoms with Gasteiger partial charge >= 0.3 is 0 Å². The molecule has 132 valence electrons. The van der Waals surface area contributed by atoms with Crippen LogP contribution in [0.3, 0.4) is 0 Å². The van der Waals surface area contributed by atoms with E-state index in [1.165, 1.54) is 12.1 Å². The fourth-order valence-electron chi connectivity index (χ4n) is 2.57. The lowest BCUT2D eigenvalue weighted by Gasteiger charge is -2.16. The summed E-state index contributed by atoms with van der Waals surface area (Å²) < 4.78 is 20.8. The van der Waals surface area contributed by atoms with Gasteiger partial charge < -0.3 is 24.8 Å². The van der Waals surface area contributed by atoms with Crippen LogP contribution in [-0.2, 0) is 6.54 Å². The first kappa shape index (κ1) is 17.2. The predicted molar refractivity (Wildman–Crippen MR) is 93.2 cm³/mol. The van der Waals surface area contributed by atoms with Crippen molar-refractivity contribution in [1.29, 1.82) is 0 Å². The normalized spacial score (nSPS) is 12.3. The number of aromatic nitrogens is 2. The molecule has 3 rings (SSSR count). The Labute approximate surface area is 144 Å². The summed E-state index contributed by atoms with van der Waals surface area (Å²) >= 11 is 0. The number of nitrogens with zero attached hydrogens (tertiary/aromatic N) is 2. The van der Waals surface area contributed by atoms with E-state index >= 15 is 0 Å². The first-order valence-electron chi connectivity index (χ1n) is 8.04. The number of rotatable bonds is 8. The van der Waals surface area contributed by atoms with Gasteiger partial charge in [-0.15, -0.1) is 0 Å². The molecule has 2 aromatic carbocycles. The van der Waals surface area contributed by atoms with Crippen molar-refractivity contribution < 1.29 is 19.3 Å². The third-order valence-electron chi connectivity index (χ3n) is 3.71. The highest BCUT2D eigenvalue weighted by Crippen LogP contribution is 2.21. The maximum absolute atomic E-state index is 13.6. The van der Waals surface area contributed by atoms with Gasteiger partial charge in [0, 0.05) is 6.54 Å². The average molecular weight is 345 g/mol. The Bertz CT molecular complexity index is 837. The maximum atomic E-state index is 13.6. The molecule has 1 aromatic heterocycles. The SMILES string of the molecule is OCCNc1nc2ccccc2n1CC(O)COc1ccccc1F. The quantitative estimate of drug-likeness (QED) is 0.582. The van der Waals surface area contributed by atoms with Crippen LogP contribution in [0.4, 0.5) is 10.3 Å². The van der Waals surface area contributed by atoms with E-state index < -0.39 is 11.9 Å². The molecule has 0 spiro atoms. The van der Waals surface area contributed by atoms with Gasteiger partial charge in [0.1, 0.15) is 12.7 Å². The van der Waals surface area contributed by atoms with E-state index in [4.69, 9.17) is 9.84 Å². The molecule has 0 saturated carbocycles. The standard InChI is InChI=1S/C18H20FN3O3/c19-14-5-1-4-8-17(14)25-12-13(24)11-22-16-7-3-2-6-15(16)21-18(22)20-9-10-23/h1-8,13,23-24H,9-12H2,(H,20,21). The molecule has 0 aliphatic rings. The minimum absolute atomic E-state index is 0.0256. The van der Waals surface area contributed by atoms with Crippen LogP contribution in [0.1, 0.15) is 0 Å². The predicted octanol–water partition coefficient (Wildman–Crippen LogP) is 2.02. The zero-order valence-corrected chi connectivity index (χ0v) is 13.6. The van der Waals surface area contributed by atoms with Gasteiger partial charge in [-0.05, 0) is 24.3 Å². The molecule has 0 radical (unpaired) electrons. The number of aliphatic hydroxyl groups is 2. The summed E-state index contributed by atoms with van der Waals surface area (Å²) in [4.78, 5) is 4.46. The van der Waals surface area contributed by atoms with Crippen LogP contribution in [0.15, 0.2) is 48.5 Å². The third-order valence-corrected chi connectivity index (χ3v) is 3.71. The van der Waals surface area contributed by atoms with E-state index in [1.54, 1.807) is 12.1 Å². The molecule has 0 saturated heterocycles.